The van der Waals surface area contributed by atoms with E-state index < -0.39 is 55.9 Å². The minimum absolute atomic E-state index is 0.279. The summed E-state index contributed by atoms with van der Waals surface area (Å²) in [6.07, 6.45) is -8.35. The topological polar surface area (TPSA) is 163 Å². The lowest BCUT2D eigenvalue weighted by molar-refractivity contribution is -0.243. The van der Waals surface area contributed by atoms with Gasteiger partial charge in [0.1, 0.15) is 18.3 Å². The Bertz CT molecular complexity index is 301. The third-order valence-corrected chi connectivity index (χ3v) is 2.84. The van der Waals surface area contributed by atoms with Crippen LogP contribution in [0.2, 0.25) is 0 Å². The first-order valence-corrected chi connectivity index (χ1v) is 5.76. The predicted molar refractivity (Wildman–Crippen MR) is 59.5 cm³/mol. The highest BCUT2D eigenvalue weighted by atomic mass is 16.7. The number of hydrogen-bond acceptors (Lipinski definition) is 8. The van der Waals surface area contributed by atoms with Crippen molar-refractivity contribution < 1.29 is 39.8 Å². The molecule has 0 saturated carbocycles. The zero-order valence-corrected chi connectivity index (χ0v) is 10.1. The van der Waals surface area contributed by atoms with E-state index in [9.17, 15) is 20.1 Å². The van der Waals surface area contributed by atoms with E-state index in [2.05, 4.69) is 0 Å². The summed E-state index contributed by atoms with van der Waals surface area (Å²) >= 11 is 0. The number of primary amides is 1. The van der Waals surface area contributed by atoms with Crippen LogP contribution in [0.15, 0.2) is 0 Å². The number of rotatable bonds is 5. The third kappa shape index (κ3) is 4.08. The van der Waals surface area contributed by atoms with Crippen LogP contribution in [0.5, 0.6) is 0 Å². The van der Waals surface area contributed by atoms with Gasteiger partial charge in [0.2, 0.25) is 5.91 Å². The maximum Gasteiger partial charge on any atom is 0.249 e. The van der Waals surface area contributed by atoms with Gasteiger partial charge in [0.05, 0.1) is 19.3 Å². The number of aliphatic hydroxyl groups is 5. The predicted octanol–water partition coefficient (Wildman–Crippen LogP) is -3.96. The molecule has 1 aliphatic rings. The van der Waals surface area contributed by atoms with Gasteiger partial charge in [0, 0.05) is 6.42 Å². The average molecular weight is 281 g/mol. The standard InChI is InChI=1S/C10H19NO8/c11-9(17)7(3-13)19-10-5(15)1-4(14)8(16)6(2-12)18-10/h4-8,10,12-16H,1-3H2,(H2,11,17)/t4?,5?,6?,7?,8-,10+/m1/s1. The van der Waals surface area contributed by atoms with Crippen LogP contribution in [0.1, 0.15) is 6.42 Å². The van der Waals surface area contributed by atoms with Gasteiger partial charge >= 0.3 is 0 Å². The number of ether oxygens (including phenoxy) is 2. The van der Waals surface area contributed by atoms with Crippen molar-refractivity contribution in [2.45, 2.75) is 43.2 Å². The second-order valence-corrected chi connectivity index (χ2v) is 4.30. The summed E-state index contributed by atoms with van der Waals surface area (Å²) in [5.41, 5.74) is 4.96. The van der Waals surface area contributed by atoms with E-state index in [-0.39, 0.29) is 6.42 Å². The molecule has 112 valence electrons. The fourth-order valence-electron chi connectivity index (χ4n) is 1.72. The molecule has 7 N–H and O–H groups in total. The molecule has 0 aromatic rings. The number of nitrogens with two attached hydrogens (primary N) is 1. The number of carbonyl (C=O) groups excluding carboxylic acids is 1. The molecule has 1 heterocycles. The Kier molecular flexibility index (Phi) is 6.07. The summed E-state index contributed by atoms with van der Waals surface area (Å²) in [4.78, 5) is 10.9. The molecule has 0 aromatic heterocycles. The molecular formula is C10H19NO8. The number of carbonyl (C=O) groups is 1. The maximum absolute atomic E-state index is 10.9. The minimum atomic E-state index is -1.41. The van der Waals surface area contributed by atoms with Crippen molar-refractivity contribution in [2.24, 2.45) is 5.73 Å². The smallest absolute Gasteiger partial charge is 0.249 e. The first kappa shape index (κ1) is 16.2. The third-order valence-electron chi connectivity index (χ3n) is 2.84. The molecule has 9 heteroatoms. The van der Waals surface area contributed by atoms with E-state index in [1.807, 2.05) is 0 Å². The van der Waals surface area contributed by atoms with Gasteiger partial charge in [-0.3, -0.25) is 4.79 Å². The Morgan fingerprint density at radius 3 is 2.42 bits per heavy atom. The summed E-state index contributed by atoms with van der Waals surface area (Å²) in [7, 11) is 0. The van der Waals surface area contributed by atoms with E-state index in [0.717, 1.165) is 0 Å². The van der Waals surface area contributed by atoms with Crippen LogP contribution in [0.3, 0.4) is 0 Å². The van der Waals surface area contributed by atoms with Crippen molar-refractivity contribution in [1.29, 1.82) is 0 Å². The van der Waals surface area contributed by atoms with E-state index in [0.29, 0.717) is 0 Å². The molecular weight excluding hydrogens is 262 g/mol. The first-order chi connectivity index (χ1) is 8.90. The van der Waals surface area contributed by atoms with Crippen molar-refractivity contribution in [3.63, 3.8) is 0 Å². The van der Waals surface area contributed by atoms with Crippen molar-refractivity contribution >= 4 is 5.91 Å². The van der Waals surface area contributed by atoms with Crippen LogP contribution < -0.4 is 5.73 Å². The molecule has 0 spiro atoms. The lowest BCUT2D eigenvalue weighted by Crippen LogP contribution is -2.44. The monoisotopic (exact) mass is 281 g/mol. The molecule has 1 fully saturated rings. The lowest BCUT2D eigenvalue weighted by Gasteiger charge is -2.27. The van der Waals surface area contributed by atoms with E-state index in [4.69, 9.17) is 25.4 Å². The van der Waals surface area contributed by atoms with Crippen LogP contribution in [0, 0.1) is 0 Å². The molecule has 0 aliphatic carbocycles. The molecule has 19 heavy (non-hydrogen) atoms. The zero-order chi connectivity index (χ0) is 14.6. The van der Waals surface area contributed by atoms with Gasteiger partial charge in [-0.25, -0.2) is 0 Å². The van der Waals surface area contributed by atoms with Crippen LogP contribution >= 0.6 is 0 Å². The van der Waals surface area contributed by atoms with Crippen molar-refractivity contribution in [3.8, 4) is 0 Å². The summed E-state index contributed by atoms with van der Waals surface area (Å²) in [5.74, 6) is -0.954. The van der Waals surface area contributed by atoms with Crippen LogP contribution in [0.4, 0.5) is 0 Å². The van der Waals surface area contributed by atoms with Gasteiger partial charge in [-0.05, 0) is 0 Å². The summed E-state index contributed by atoms with van der Waals surface area (Å²) < 4.78 is 10.1. The minimum Gasteiger partial charge on any atom is -0.394 e. The normalized spacial score (nSPS) is 37.6. The SMILES string of the molecule is NC(=O)C(CO)O[C@@H]1OC(CO)[C@H](O)C(O)CC1O. The fourth-order valence-corrected chi connectivity index (χ4v) is 1.72. The average Bonchev–Trinajstić information content (AvgIpc) is 2.46. The zero-order valence-electron chi connectivity index (χ0n) is 10.1. The molecule has 0 aromatic carbocycles. The molecule has 1 saturated heterocycles. The summed E-state index contributed by atoms with van der Waals surface area (Å²) in [6.45, 7) is -1.33. The summed E-state index contributed by atoms with van der Waals surface area (Å²) in [5, 5.41) is 46.8. The fraction of sp³-hybridized carbons (Fsp3) is 0.900. The van der Waals surface area contributed by atoms with E-state index >= 15 is 0 Å². The quantitative estimate of drug-likeness (QED) is 0.297. The first-order valence-electron chi connectivity index (χ1n) is 5.76. The molecule has 0 radical (unpaired) electrons. The van der Waals surface area contributed by atoms with Crippen LogP contribution in [-0.2, 0) is 14.3 Å². The van der Waals surface area contributed by atoms with Crippen LogP contribution in [0.25, 0.3) is 0 Å². The van der Waals surface area contributed by atoms with Gasteiger partial charge in [-0.1, -0.05) is 0 Å². The Morgan fingerprint density at radius 2 is 1.95 bits per heavy atom. The van der Waals surface area contributed by atoms with Gasteiger partial charge < -0.3 is 40.7 Å². The Balaban J connectivity index is 2.77. The molecule has 1 aliphatic heterocycles. The molecule has 1 rings (SSSR count). The number of hydrogen-bond donors (Lipinski definition) is 6. The molecule has 1 amide bonds. The van der Waals surface area contributed by atoms with Gasteiger partial charge in [0.15, 0.2) is 12.4 Å². The number of aliphatic hydroxyl groups excluding tert-OH is 5. The lowest BCUT2D eigenvalue weighted by atomic mass is 10.0. The highest BCUT2D eigenvalue weighted by molar-refractivity contribution is 5.78. The molecule has 9 nitrogen and oxygen atoms in total. The highest BCUT2D eigenvalue weighted by Gasteiger charge is 2.39. The van der Waals surface area contributed by atoms with Crippen molar-refractivity contribution in [2.75, 3.05) is 13.2 Å². The summed E-state index contributed by atoms with van der Waals surface area (Å²) in [6, 6.07) is 0. The molecule has 0 bridgehead atoms. The molecule has 6 atom stereocenters. The largest absolute Gasteiger partial charge is 0.394 e. The van der Waals surface area contributed by atoms with Crippen molar-refractivity contribution in [3.05, 3.63) is 0 Å². The van der Waals surface area contributed by atoms with Gasteiger partial charge in [0.25, 0.3) is 0 Å². The Labute approximate surface area is 109 Å². The van der Waals surface area contributed by atoms with Gasteiger partial charge in [-0.15, -0.1) is 0 Å². The van der Waals surface area contributed by atoms with Crippen molar-refractivity contribution in [1.82, 2.24) is 0 Å². The van der Waals surface area contributed by atoms with E-state index in [1.165, 1.54) is 0 Å². The Hall–Kier alpha value is -0.810. The highest BCUT2D eigenvalue weighted by Crippen LogP contribution is 2.22. The number of amides is 1. The molecule has 4 unspecified atom stereocenters. The second kappa shape index (κ2) is 7.10. The van der Waals surface area contributed by atoms with E-state index in [1.54, 1.807) is 0 Å². The van der Waals surface area contributed by atoms with Crippen LogP contribution in [-0.4, -0.2) is 81.5 Å². The second-order valence-electron chi connectivity index (χ2n) is 4.30. The van der Waals surface area contributed by atoms with Gasteiger partial charge in [-0.2, -0.15) is 0 Å². The maximum atomic E-state index is 10.9. The Morgan fingerprint density at radius 1 is 1.32 bits per heavy atom.